The molecule has 0 radical (unpaired) electrons. The van der Waals surface area contributed by atoms with E-state index in [0.717, 1.165) is 6.92 Å². The third-order valence-corrected chi connectivity index (χ3v) is 7.86. The van der Waals surface area contributed by atoms with Crippen LogP contribution in [0.1, 0.15) is 13.8 Å². The van der Waals surface area contributed by atoms with E-state index >= 15 is 0 Å². The van der Waals surface area contributed by atoms with Crippen LogP contribution in [0.5, 0.6) is 23.0 Å². The molecule has 0 aliphatic carbocycles. The number of rotatable bonds is 9. The summed E-state index contributed by atoms with van der Waals surface area (Å²) in [6, 6.07) is 9.12. The van der Waals surface area contributed by atoms with Crippen LogP contribution in [0.4, 0.5) is 0 Å². The van der Waals surface area contributed by atoms with Crippen LogP contribution in [-0.4, -0.2) is 119 Å². The topological polar surface area (TPSA) is 233 Å². The molecule has 2 aliphatic heterocycles. The molecule has 0 amide bonds. The second-order valence-electron chi connectivity index (χ2n) is 11.1. The smallest absolute Gasteiger partial charge is 0.308 e. The Morgan fingerprint density at radius 3 is 2.11 bits per heavy atom. The highest BCUT2D eigenvalue weighted by atomic mass is 16.7. The highest BCUT2D eigenvalue weighted by Crippen LogP contribution is 2.44. The number of methoxy groups -OCH3 is 2. The van der Waals surface area contributed by atoms with Crippen molar-refractivity contribution in [3.63, 3.8) is 0 Å². The van der Waals surface area contributed by atoms with Crippen molar-refractivity contribution in [3.8, 4) is 34.3 Å². The van der Waals surface area contributed by atoms with Crippen molar-refractivity contribution in [2.75, 3.05) is 20.8 Å². The Kier molecular flexibility index (Phi) is 10.4. The summed E-state index contributed by atoms with van der Waals surface area (Å²) in [6.45, 7) is 2.03. The highest BCUT2D eigenvalue weighted by Gasteiger charge is 2.47. The summed E-state index contributed by atoms with van der Waals surface area (Å²) in [4.78, 5) is 25.4. The van der Waals surface area contributed by atoms with Crippen molar-refractivity contribution in [1.29, 1.82) is 0 Å². The van der Waals surface area contributed by atoms with Gasteiger partial charge in [-0.05, 0) is 31.2 Å². The van der Waals surface area contributed by atoms with E-state index in [-0.39, 0.29) is 34.0 Å². The van der Waals surface area contributed by atoms with Gasteiger partial charge in [-0.3, -0.25) is 9.59 Å². The molecule has 16 heteroatoms. The molecule has 3 aromatic rings. The number of ether oxygens (including phenoxy) is 7. The molecule has 5 rings (SSSR count). The van der Waals surface area contributed by atoms with Gasteiger partial charge in [0, 0.05) is 24.6 Å². The molecule has 0 bridgehead atoms. The Morgan fingerprint density at radius 1 is 0.809 bits per heavy atom. The first-order chi connectivity index (χ1) is 22.3. The van der Waals surface area contributed by atoms with E-state index in [9.17, 15) is 40.2 Å². The lowest BCUT2D eigenvalue weighted by molar-refractivity contribution is -0.318. The summed E-state index contributed by atoms with van der Waals surface area (Å²) < 4.78 is 44.5. The summed E-state index contributed by atoms with van der Waals surface area (Å²) in [5.74, 6) is -0.906. The molecule has 10 atom stereocenters. The van der Waals surface area contributed by atoms with Crippen molar-refractivity contribution in [2.45, 2.75) is 75.3 Å². The molecule has 2 aliphatic rings. The first kappa shape index (κ1) is 34.5. The lowest BCUT2D eigenvalue weighted by Crippen LogP contribution is -2.61. The van der Waals surface area contributed by atoms with Crippen LogP contribution < -0.4 is 24.4 Å². The molecular formula is C31H36O16. The molecule has 0 unspecified atom stereocenters. The number of carbonyl (C=O) groups excluding carboxylic acids is 1. The number of aliphatic hydroxyl groups is 6. The zero-order valence-electron chi connectivity index (χ0n) is 25.7. The quantitative estimate of drug-likeness (QED) is 0.124. The fourth-order valence-electron chi connectivity index (χ4n) is 5.28. The number of carbonyl (C=O) groups is 1. The minimum absolute atomic E-state index is 0.0977. The average molecular weight is 665 g/mol. The summed E-state index contributed by atoms with van der Waals surface area (Å²) in [7, 11) is 2.72. The molecule has 16 nitrogen and oxygen atoms in total. The van der Waals surface area contributed by atoms with Gasteiger partial charge in [-0.25, -0.2) is 0 Å². The Labute approximate surface area is 267 Å². The van der Waals surface area contributed by atoms with E-state index in [1.807, 2.05) is 0 Å². The molecule has 2 aromatic carbocycles. The van der Waals surface area contributed by atoms with Gasteiger partial charge in [-0.1, -0.05) is 0 Å². The third-order valence-electron chi connectivity index (χ3n) is 7.86. The van der Waals surface area contributed by atoms with Crippen LogP contribution in [0.2, 0.25) is 0 Å². The predicted molar refractivity (Wildman–Crippen MR) is 158 cm³/mol. The van der Waals surface area contributed by atoms with E-state index in [2.05, 4.69) is 0 Å². The average Bonchev–Trinajstić information content (AvgIpc) is 3.05. The van der Waals surface area contributed by atoms with Crippen molar-refractivity contribution < 1.29 is 73.0 Å². The first-order valence-corrected chi connectivity index (χ1v) is 14.5. The van der Waals surface area contributed by atoms with E-state index in [1.54, 1.807) is 24.3 Å². The van der Waals surface area contributed by atoms with Crippen molar-refractivity contribution in [1.82, 2.24) is 0 Å². The largest absolute Gasteiger partial charge is 0.497 e. The van der Waals surface area contributed by atoms with Gasteiger partial charge < -0.3 is 68.2 Å². The zero-order valence-corrected chi connectivity index (χ0v) is 25.7. The number of benzene rings is 2. The maximum atomic E-state index is 13.4. The van der Waals surface area contributed by atoms with Crippen molar-refractivity contribution in [3.05, 3.63) is 46.6 Å². The zero-order chi connectivity index (χ0) is 34.2. The third kappa shape index (κ3) is 6.92. The molecule has 0 spiro atoms. The minimum atomic E-state index is -1.84. The normalized spacial score (nSPS) is 30.9. The van der Waals surface area contributed by atoms with Gasteiger partial charge in [-0.15, -0.1) is 0 Å². The van der Waals surface area contributed by atoms with E-state index in [4.69, 9.17) is 37.6 Å². The number of hydrogen-bond acceptors (Lipinski definition) is 16. The maximum Gasteiger partial charge on any atom is 0.308 e. The maximum absolute atomic E-state index is 13.4. The van der Waals surface area contributed by atoms with Gasteiger partial charge in [0.15, 0.2) is 23.2 Å². The van der Waals surface area contributed by atoms with E-state index in [0.29, 0.717) is 11.3 Å². The molecule has 3 heterocycles. The second kappa shape index (κ2) is 14.1. The number of hydrogen-bond donors (Lipinski definition) is 6. The van der Waals surface area contributed by atoms with Crippen LogP contribution in [0, 0.1) is 0 Å². The number of aliphatic hydroxyl groups excluding tert-OH is 6. The monoisotopic (exact) mass is 664 g/mol. The Balaban J connectivity index is 1.47. The van der Waals surface area contributed by atoms with E-state index < -0.39 is 79.4 Å². The molecule has 2 fully saturated rings. The fourth-order valence-corrected chi connectivity index (χ4v) is 5.28. The van der Waals surface area contributed by atoms with Crippen LogP contribution in [0.15, 0.2) is 45.6 Å². The summed E-state index contributed by atoms with van der Waals surface area (Å²) in [5.41, 5.74) is -0.159. The van der Waals surface area contributed by atoms with Crippen molar-refractivity contribution >= 4 is 16.9 Å². The van der Waals surface area contributed by atoms with Crippen LogP contribution >= 0.6 is 0 Å². The summed E-state index contributed by atoms with van der Waals surface area (Å²) >= 11 is 0. The standard InChI is InChI=1S/C31H36O16/c1-12-22(34)24(36)26(38)30(43-12)42-11-20-23(35)25(37)27(39)31(47-20)46-19-10-18-21(29(28(19)41-4)44-13(2)32)16(33)9-17(45-18)14-5-7-15(40-3)8-6-14/h5-10,12,20,22-27,30-31,34-39H,11H2,1-4H3/t12-,20-,22-,23-,24-,25-,26-,27-,30-,31-/m1/s1. The van der Waals surface area contributed by atoms with Gasteiger partial charge >= 0.3 is 5.97 Å². The first-order valence-electron chi connectivity index (χ1n) is 14.5. The van der Waals surface area contributed by atoms with Gasteiger partial charge in [0.25, 0.3) is 0 Å². The Hall–Kier alpha value is -3.84. The lowest BCUT2D eigenvalue weighted by Gasteiger charge is -2.42. The molecule has 6 N–H and O–H groups in total. The van der Waals surface area contributed by atoms with E-state index in [1.165, 1.54) is 33.3 Å². The highest BCUT2D eigenvalue weighted by molar-refractivity contribution is 5.92. The van der Waals surface area contributed by atoms with Crippen LogP contribution in [0.3, 0.4) is 0 Å². The van der Waals surface area contributed by atoms with Gasteiger partial charge in [0.05, 0.1) is 26.9 Å². The fraction of sp³-hybridized carbons (Fsp3) is 0.484. The second-order valence-corrected chi connectivity index (χ2v) is 11.1. The Bertz CT molecular complexity index is 1620. The molecular weight excluding hydrogens is 628 g/mol. The number of esters is 1. The minimum Gasteiger partial charge on any atom is -0.497 e. The lowest BCUT2D eigenvalue weighted by atomic mass is 9.98. The molecule has 0 saturated carbocycles. The summed E-state index contributed by atoms with van der Waals surface area (Å²) in [5, 5.41) is 62.1. The van der Waals surface area contributed by atoms with Crippen molar-refractivity contribution in [2.24, 2.45) is 0 Å². The van der Waals surface area contributed by atoms with Gasteiger partial charge in [0.1, 0.15) is 65.2 Å². The van der Waals surface area contributed by atoms with Crippen LogP contribution in [0.25, 0.3) is 22.3 Å². The SMILES string of the molecule is COc1ccc(-c2cc(=O)c3c(OC(C)=O)c(OC)c(O[C@@H]4O[C@H](CO[C@@H]5O[C@H](C)[C@@H](O)[C@@H](O)[C@H]5O)[C@@H](O)[C@@H](O)[C@H]4O)cc3o2)cc1. The summed E-state index contributed by atoms with van der Waals surface area (Å²) in [6.07, 6.45) is -15.4. The van der Waals surface area contributed by atoms with Gasteiger partial charge in [-0.2, -0.15) is 0 Å². The molecule has 2 saturated heterocycles. The molecule has 256 valence electrons. The van der Waals surface area contributed by atoms with Crippen LogP contribution in [-0.2, 0) is 19.0 Å². The number of fused-ring (bicyclic) bond motifs is 1. The Morgan fingerprint density at radius 2 is 1.47 bits per heavy atom. The van der Waals surface area contributed by atoms with Gasteiger partial charge in [0.2, 0.25) is 12.0 Å². The predicted octanol–water partition coefficient (Wildman–Crippen LogP) is -0.567. The molecule has 47 heavy (non-hydrogen) atoms. The molecule has 1 aromatic heterocycles.